The van der Waals surface area contributed by atoms with E-state index in [1.807, 2.05) is 13.0 Å². The van der Waals surface area contributed by atoms with E-state index in [-0.39, 0.29) is 12.0 Å². The quantitative estimate of drug-likeness (QED) is 0.888. The summed E-state index contributed by atoms with van der Waals surface area (Å²) in [5, 5.41) is 0. The van der Waals surface area contributed by atoms with Crippen molar-refractivity contribution in [2.75, 3.05) is 23.7 Å². The predicted molar refractivity (Wildman–Crippen MR) is 68.8 cm³/mol. The van der Waals surface area contributed by atoms with Crippen molar-refractivity contribution in [3.63, 3.8) is 0 Å². The van der Waals surface area contributed by atoms with Crippen LogP contribution in [0.3, 0.4) is 0 Å². The van der Waals surface area contributed by atoms with E-state index in [2.05, 4.69) is 4.72 Å². The van der Waals surface area contributed by atoms with Crippen LogP contribution in [0.15, 0.2) is 24.3 Å². The molecule has 0 unspecified atom stereocenters. The molecule has 0 bridgehead atoms. The summed E-state index contributed by atoms with van der Waals surface area (Å²) < 4.78 is 36.6. The lowest BCUT2D eigenvalue weighted by Gasteiger charge is -2.12. The monoisotopic (exact) mass is 271 g/mol. The highest BCUT2D eigenvalue weighted by Crippen LogP contribution is 2.25. The van der Waals surface area contributed by atoms with Crippen molar-refractivity contribution in [1.29, 1.82) is 0 Å². The molecule has 2 rings (SSSR count). The lowest BCUT2D eigenvalue weighted by molar-refractivity contribution is -0.0440. The van der Waals surface area contributed by atoms with Gasteiger partial charge in [-0.3, -0.25) is 4.72 Å². The second kappa shape index (κ2) is 5.69. The molecule has 0 aromatic heterocycles. The van der Waals surface area contributed by atoms with E-state index in [0.717, 1.165) is 5.56 Å². The molecule has 100 valence electrons. The molecule has 1 aliphatic rings. The first kappa shape index (κ1) is 13.3. The van der Waals surface area contributed by atoms with Crippen molar-refractivity contribution in [3.05, 3.63) is 29.8 Å². The Bertz CT molecular complexity index is 495. The van der Waals surface area contributed by atoms with Gasteiger partial charge >= 0.3 is 0 Å². The van der Waals surface area contributed by atoms with Crippen molar-refractivity contribution in [1.82, 2.24) is 0 Å². The maximum Gasteiger partial charge on any atom is 0.232 e. The Kier molecular flexibility index (Phi) is 4.21. The molecule has 1 fully saturated rings. The summed E-state index contributed by atoms with van der Waals surface area (Å²) in [6.45, 7) is 2.96. The van der Waals surface area contributed by atoms with E-state index >= 15 is 0 Å². The normalized spacial score (nSPS) is 16.9. The highest BCUT2D eigenvalue weighted by molar-refractivity contribution is 7.92. The van der Waals surface area contributed by atoms with Gasteiger partial charge in [0.15, 0.2) is 6.29 Å². The second-order valence-corrected chi connectivity index (χ2v) is 5.96. The fourth-order valence-electron chi connectivity index (χ4n) is 1.80. The molecular formula is C12H17NO4S. The van der Waals surface area contributed by atoms with Crippen LogP contribution < -0.4 is 4.72 Å². The summed E-state index contributed by atoms with van der Waals surface area (Å²) in [6, 6.07) is 7.09. The van der Waals surface area contributed by atoms with Crippen LogP contribution in [0.25, 0.3) is 0 Å². The SMILES string of the molecule is CCCS(=O)(=O)Nc1cccc(C2OCCO2)c1. The third-order valence-corrected chi connectivity index (χ3v) is 4.02. The predicted octanol–water partition coefficient (Wildman–Crippen LogP) is 1.88. The fraction of sp³-hybridized carbons (Fsp3) is 0.500. The zero-order chi connectivity index (χ0) is 13.0. The van der Waals surface area contributed by atoms with Crippen LogP contribution in [0.1, 0.15) is 25.2 Å². The van der Waals surface area contributed by atoms with E-state index in [0.29, 0.717) is 25.3 Å². The largest absolute Gasteiger partial charge is 0.346 e. The minimum Gasteiger partial charge on any atom is -0.346 e. The molecule has 0 spiro atoms. The molecule has 0 amide bonds. The maximum atomic E-state index is 11.7. The molecule has 5 nitrogen and oxygen atoms in total. The van der Waals surface area contributed by atoms with Gasteiger partial charge in [-0.05, 0) is 18.6 Å². The third kappa shape index (κ3) is 3.44. The highest BCUT2D eigenvalue weighted by atomic mass is 32.2. The lowest BCUT2D eigenvalue weighted by Crippen LogP contribution is -2.16. The van der Waals surface area contributed by atoms with Crippen LogP contribution in [-0.2, 0) is 19.5 Å². The van der Waals surface area contributed by atoms with Gasteiger partial charge in [0, 0.05) is 11.3 Å². The van der Waals surface area contributed by atoms with E-state index in [1.54, 1.807) is 18.2 Å². The summed E-state index contributed by atoms with van der Waals surface area (Å²) >= 11 is 0. The van der Waals surface area contributed by atoms with Gasteiger partial charge < -0.3 is 9.47 Å². The minimum atomic E-state index is -3.26. The lowest BCUT2D eigenvalue weighted by atomic mass is 10.2. The summed E-state index contributed by atoms with van der Waals surface area (Å²) in [4.78, 5) is 0. The Morgan fingerprint density at radius 2 is 2.06 bits per heavy atom. The zero-order valence-corrected chi connectivity index (χ0v) is 11.1. The van der Waals surface area contributed by atoms with Gasteiger partial charge in [0.25, 0.3) is 0 Å². The molecule has 1 aliphatic heterocycles. The Morgan fingerprint density at radius 3 is 2.72 bits per heavy atom. The van der Waals surface area contributed by atoms with Crippen LogP contribution in [0.4, 0.5) is 5.69 Å². The molecule has 18 heavy (non-hydrogen) atoms. The number of sulfonamides is 1. The van der Waals surface area contributed by atoms with Crippen molar-refractivity contribution < 1.29 is 17.9 Å². The van der Waals surface area contributed by atoms with Crippen LogP contribution in [0, 0.1) is 0 Å². The summed E-state index contributed by atoms with van der Waals surface area (Å²) in [6.07, 6.45) is 0.199. The molecule has 1 aromatic carbocycles. The Morgan fingerprint density at radius 1 is 1.33 bits per heavy atom. The minimum absolute atomic E-state index is 0.119. The van der Waals surface area contributed by atoms with Crippen molar-refractivity contribution in [3.8, 4) is 0 Å². The number of nitrogens with one attached hydrogen (secondary N) is 1. The zero-order valence-electron chi connectivity index (χ0n) is 10.3. The van der Waals surface area contributed by atoms with Crippen molar-refractivity contribution >= 4 is 15.7 Å². The van der Waals surface area contributed by atoms with E-state index in [9.17, 15) is 8.42 Å². The number of anilines is 1. The molecule has 6 heteroatoms. The molecule has 0 radical (unpaired) electrons. The van der Waals surface area contributed by atoms with E-state index in [1.165, 1.54) is 0 Å². The van der Waals surface area contributed by atoms with Gasteiger partial charge in [-0.2, -0.15) is 0 Å². The van der Waals surface area contributed by atoms with Crippen LogP contribution >= 0.6 is 0 Å². The van der Waals surface area contributed by atoms with Gasteiger partial charge in [-0.25, -0.2) is 8.42 Å². The van der Waals surface area contributed by atoms with E-state index in [4.69, 9.17) is 9.47 Å². The highest BCUT2D eigenvalue weighted by Gasteiger charge is 2.18. The van der Waals surface area contributed by atoms with Crippen molar-refractivity contribution in [2.45, 2.75) is 19.6 Å². The number of ether oxygens (including phenoxy) is 2. The van der Waals surface area contributed by atoms with Crippen LogP contribution in [0.5, 0.6) is 0 Å². The van der Waals surface area contributed by atoms with Gasteiger partial charge in [0.1, 0.15) is 0 Å². The summed E-state index contributed by atoms with van der Waals surface area (Å²) in [7, 11) is -3.26. The van der Waals surface area contributed by atoms with Gasteiger partial charge in [-0.15, -0.1) is 0 Å². The Hall–Kier alpha value is -1.11. The summed E-state index contributed by atoms with van der Waals surface area (Å²) in [5.41, 5.74) is 1.37. The van der Waals surface area contributed by atoms with Crippen LogP contribution in [0.2, 0.25) is 0 Å². The molecule has 1 saturated heterocycles. The molecular weight excluding hydrogens is 254 g/mol. The number of hydrogen-bond acceptors (Lipinski definition) is 4. The molecule has 1 heterocycles. The average Bonchev–Trinajstić information content (AvgIpc) is 2.81. The van der Waals surface area contributed by atoms with E-state index < -0.39 is 10.0 Å². The average molecular weight is 271 g/mol. The third-order valence-electron chi connectivity index (χ3n) is 2.53. The first-order valence-electron chi connectivity index (χ1n) is 5.94. The topological polar surface area (TPSA) is 64.6 Å². The van der Waals surface area contributed by atoms with Gasteiger partial charge in [0.05, 0.1) is 19.0 Å². The molecule has 0 saturated carbocycles. The number of rotatable bonds is 5. The number of hydrogen-bond donors (Lipinski definition) is 1. The first-order valence-corrected chi connectivity index (χ1v) is 7.59. The number of benzene rings is 1. The molecule has 1 aromatic rings. The second-order valence-electron chi connectivity index (χ2n) is 4.12. The maximum absolute atomic E-state index is 11.7. The standard InChI is InChI=1S/C12H17NO4S/c1-2-8-18(14,15)13-11-5-3-4-10(9-11)12-16-6-7-17-12/h3-5,9,12-13H,2,6-8H2,1H3. The van der Waals surface area contributed by atoms with Crippen LogP contribution in [-0.4, -0.2) is 27.4 Å². The smallest absolute Gasteiger partial charge is 0.232 e. The van der Waals surface area contributed by atoms with Crippen molar-refractivity contribution in [2.24, 2.45) is 0 Å². The Balaban J connectivity index is 2.12. The van der Waals surface area contributed by atoms with Gasteiger partial charge in [-0.1, -0.05) is 19.1 Å². The molecule has 0 aliphatic carbocycles. The fourth-order valence-corrected chi connectivity index (χ4v) is 2.92. The Labute approximate surface area is 107 Å². The summed E-state index contributed by atoms with van der Waals surface area (Å²) in [5.74, 6) is 0.119. The molecule has 0 atom stereocenters. The van der Waals surface area contributed by atoms with Gasteiger partial charge in [0.2, 0.25) is 10.0 Å². The first-order chi connectivity index (χ1) is 8.61. The molecule has 1 N–H and O–H groups in total.